The fourth-order valence-corrected chi connectivity index (χ4v) is 1.95. The van der Waals surface area contributed by atoms with Crippen molar-refractivity contribution in [2.45, 2.75) is 25.2 Å². The van der Waals surface area contributed by atoms with Crippen molar-refractivity contribution in [3.8, 4) is 0 Å². The van der Waals surface area contributed by atoms with Crippen LogP contribution in [0.4, 0.5) is 0 Å². The molecule has 2 rings (SSSR count). The molecule has 0 saturated carbocycles. The molecule has 1 saturated heterocycles. The minimum absolute atomic E-state index is 0.149. The number of ether oxygens (including phenoxy) is 1. The van der Waals surface area contributed by atoms with E-state index in [1.165, 1.54) is 0 Å². The van der Waals surface area contributed by atoms with Crippen molar-refractivity contribution in [3.63, 3.8) is 0 Å². The number of nitrogens with zero attached hydrogens (tertiary/aromatic N) is 4. The lowest BCUT2D eigenvalue weighted by Crippen LogP contribution is -2.38. The summed E-state index contributed by atoms with van der Waals surface area (Å²) in [4.78, 5) is 2.87. The molecule has 1 fully saturated rings. The van der Waals surface area contributed by atoms with Gasteiger partial charge in [0.2, 0.25) is 0 Å². The van der Waals surface area contributed by atoms with E-state index >= 15 is 0 Å². The van der Waals surface area contributed by atoms with Gasteiger partial charge in [-0.2, -0.15) is 5.21 Å². The fraction of sp³-hybridized carbons (Fsp3) is 0.778. The van der Waals surface area contributed by atoms with Gasteiger partial charge >= 0.3 is 0 Å². The van der Waals surface area contributed by atoms with Gasteiger partial charge in [-0.1, -0.05) is 17.4 Å². The predicted octanol–water partition coefficient (Wildman–Crippen LogP) is -0.664. The van der Waals surface area contributed by atoms with Gasteiger partial charge in [0, 0.05) is 20.6 Å². The highest BCUT2D eigenvalue weighted by Crippen LogP contribution is 2.13. The van der Waals surface area contributed by atoms with E-state index < -0.39 is 0 Å². The van der Waals surface area contributed by atoms with Crippen molar-refractivity contribution in [2.24, 2.45) is 0 Å². The van der Waals surface area contributed by atoms with Crippen LogP contribution in [-0.4, -0.2) is 63.3 Å². The molecule has 0 bridgehead atoms. The van der Waals surface area contributed by atoms with Crippen LogP contribution in [0.25, 0.3) is 0 Å². The maximum Gasteiger partial charge on any atom is 0.200 e. The monoisotopic (exact) mass is 256 g/mol. The number of rotatable bonds is 4. The summed E-state index contributed by atoms with van der Waals surface area (Å²) in [5.41, 5.74) is 0. The third kappa shape index (κ3) is 3.18. The lowest BCUT2D eigenvalue weighted by Gasteiger charge is -2.19. The summed E-state index contributed by atoms with van der Waals surface area (Å²) in [7, 11) is 3.91. The molecule has 0 aromatic carbocycles. The smallest absolute Gasteiger partial charge is 0.200 e. The first kappa shape index (κ1) is 12.3. The largest absolute Gasteiger partial charge is 0.371 e. The first-order chi connectivity index (χ1) is 8.16. The first-order valence-corrected chi connectivity index (χ1v) is 5.86. The molecule has 2 N–H and O–H groups in total. The third-order valence-corrected chi connectivity index (χ3v) is 3.32. The minimum Gasteiger partial charge on any atom is -0.371 e. The van der Waals surface area contributed by atoms with Gasteiger partial charge in [-0.15, -0.1) is 10.2 Å². The Morgan fingerprint density at radius 3 is 3.06 bits per heavy atom. The van der Waals surface area contributed by atoms with Gasteiger partial charge in [-0.3, -0.25) is 0 Å². The van der Waals surface area contributed by atoms with E-state index in [9.17, 15) is 0 Å². The van der Waals surface area contributed by atoms with Crippen LogP contribution in [0.3, 0.4) is 0 Å². The van der Waals surface area contributed by atoms with Gasteiger partial charge < -0.3 is 15.0 Å². The van der Waals surface area contributed by atoms with Crippen LogP contribution in [0, 0.1) is 0 Å². The van der Waals surface area contributed by atoms with Gasteiger partial charge in [-0.05, 0) is 6.42 Å². The number of hydrogen-bond donors (Lipinski definition) is 2. The average molecular weight is 256 g/mol. The number of aromatic nitrogens is 4. The van der Waals surface area contributed by atoms with Crippen molar-refractivity contribution in [1.29, 1.82) is 0 Å². The maximum absolute atomic E-state index is 5.68. The zero-order valence-electron chi connectivity index (χ0n) is 9.88. The fourth-order valence-electron chi connectivity index (χ4n) is 1.77. The van der Waals surface area contributed by atoms with Crippen molar-refractivity contribution < 1.29 is 4.74 Å². The Labute approximate surface area is 105 Å². The van der Waals surface area contributed by atoms with E-state index in [2.05, 4.69) is 25.9 Å². The van der Waals surface area contributed by atoms with Crippen LogP contribution in [0.2, 0.25) is 0 Å². The second kappa shape index (κ2) is 5.48. The molecule has 0 unspecified atom stereocenters. The Balaban J connectivity index is 1.76. The number of nitrogens with one attached hydrogen (secondary N) is 2. The number of hydrogen-bond acceptors (Lipinski definition) is 6. The molecule has 0 radical (unpaired) electrons. The van der Waals surface area contributed by atoms with Gasteiger partial charge in [0.1, 0.15) is 6.61 Å². The van der Waals surface area contributed by atoms with Crippen LogP contribution >= 0.6 is 12.2 Å². The Morgan fingerprint density at radius 2 is 2.41 bits per heavy atom. The summed E-state index contributed by atoms with van der Waals surface area (Å²) in [5, 5.41) is 16.9. The van der Waals surface area contributed by atoms with E-state index in [0.29, 0.717) is 12.4 Å². The minimum atomic E-state index is 0.149. The van der Waals surface area contributed by atoms with E-state index in [4.69, 9.17) is 17.0 Å². The van der Waals surface area contributed by atoms with Gasteiger partial charge in [-0.25, -0.2) is 0 Å². The Hall–Kier alpha value is -1.12. The number of aromatic amines is 1. The highest BCUT2D eigenvalue weighted by molar-refractivity contribution is 7.80. The van der Waals surface area contributed by atoms with E-state index in [-0.39, 0.29) is 12.1 Å². The summed E-state index contributed by atoms with van der Waals surface area (Å²) in [5.74, 6) is 0.573. The van der Waals surface area contributed by atoms with Crippen LogP contribution in [0.1, 0.15) is 12.2 Å². The quantitative estimate of drug-likeness (QED) is 0.692. The van der Waals surface area contributed by atoms with Crippen LogP contribution < -0.4 is 5.32 Å². The molecule has 1 aromatic heterocycles. The number of tetrazole rings is 1. The van der Waals surface area contributed by atoms with Crippen molar-refractivity contribution in [3.05, 3.63) is 5.82 Å². The molecule has 0 amide bonds. The van der Waals surface area contributed by atoms with E-state index in [1.54, 1.807) is 0 Å². The molecule has 17 heavy (non-hydrogen) atoms. The van der Waals surface area contributed by atoms with Gasteiger partial charge in [0.15, 0.2) is 5.82 Å². The molecule has 8 heteroatoms. The lowest BCUT2D eigenvalue weighted by molar-refractivity contribution is 0.0493. The second-order valence-corrected chi connectivity index (χ2v) is 4.61. The average Bonchev–Trinajstić information content (AvgIpc) is 2.96. The highest BCUT2D eigenvalue weighted by Gasteiger charge is 2.28. The standard InChI is InChI=1S/C9H16N6OS/c1-15(2)9(17)7-3-6(4-10-7)16-5-8-11-13-14-12-8/h6-7,10H,3-5H2,1-2H3,(H,11,12,13,14)/t6-,7+/m1/s1. The molecule has 1 aliphatic rings. The summed E-state index contributed by atoms with van der Waals surface area (Å²) in [6, 6.07) is 0.218. The first-order valence-electron chi connectivity index (χ1n) is 5.45. The van der Waals surface area contributed by atoms with E-state index in [1.807, 2.05) is 19.0 Å². The number of H-pyrrole nitrogens is 1. The van der Waals surface area contributed by atoms with Crippen molar-refractivity contribution in [2.75, 3.05) is 20.6 Å². The van der Waals surface area contributed by atoms with Crippen LogP contribution in [-0.2, 0) is 11.3 Å². The van der Waals surface area contributed by atoms with Gasteiger partial charge in [0.25, 0.3) is 0 Å². The maximum atomic E-state index is 5.68. The second-order valence-electron chi connectivity index (χ2n) is 4.19. The Morgan fingerprint density at radius 1 is 1.59 bits per heavy atom. The van der Waals surface area contributed by atoms with Crippen LogP contribution in [0.5, 0.6) is 0 Å². The lowest BCUT2D eigenvalue weighted by atomic mass is 10.2. The number of thiocarbonyl (C=S) groups is 1. The molecule has 1 aromatic rings. The zero-order valence-corrected chi connectivity index (χ0v) is 10.7. The third-order valence-electron chi connectivity index (χ3n) is 2.67. The molecule has 0 aliphatic carbocycles. The Kier molecular flexibility index (Phi) is 3.97. The summed E-state index contributed by atoms with van der Waals surface area (Å²) in [6.07, 6.45) is 1.03. The topological polar surface area (TPSA) is 79.0 Å². The van der Waals surface area contributed by atoms with Crippen molar-refractivity contribution >= 4 is 17.2 Å². The number of likely N-dealkylation sites (N-methyl/N-ethyl adjacent to an activating group) is 1. The normalized spacial score (nSPS) is 23.9. The molecule has 0 spiro atoms. The summed E-state index contributed by atoms with van der Waals surface area (Å²) < 4.78 is 5.68. The molecule has 7 nitrogen and oxygen atoms in total. The van der Waals surface area contributed by atoms with Gasteiger partial charge in [0.05, 0.1) is 17.1 Å². The molecule has 94 valence electrons. The van der Waals surface area contributed by atoms with E-state index in [0.717, 1.165) is 18.0 Å². The summed E-state index contributed by atoms with van der Waals surface area (Å²) in [6.45, 7) is 1.18. The predicted molar refractivity (Wildman–Crippen MR) is 65.4 cm³/mol. The van der Waals surface area contributed by atoms with Crippen LogP contribution in [0.15, 0.2) is 0 Å². The molecular formula is C9H16N6OS. The molecule has 2 heterocycles. The highest BCUT2D eigenvalue weighted by atomic mass is 32.1. The molecular weight excluding hydrogens is 240 g/mol. The molecule has 2 atom stereocenters. The zero-order chi connectivity index (χ0) is 12.3. The molecule has 1 aliphatic heterocycles. The SMILES string of the molecule is CN(C)C(=S)[C@@H]1C[C@@H](OCc2nn[nH]n2)CN1. The van der Waals surface area contributed by atoms with Crippen molar-refractivity contribution in [1.82, 2.24) is 30.8 Å². The summed E-state index contributed by atoms with van der Waals surface area (Å²) >= 11 is 5.32. The Bertz CT molecular complexity index is 368.